The number of thioether (sulfide) groups is 1. The van der Waals surface area contributed by atoms with Gasteiger partial charge in [0.2, 0.25) is 5.91 Å². The molecule has 0 atom stereocenters. The Morgan fingerprint density at radius 3 is 2.88 bits per heavy atom. The zero-order valence-electron chi connectivity index (χ0n) is 10.4. The second-order valence-electron chi connectivity index (χ2n) is 3.78. The highest BCUT2D eigenvalue weighted by Gasteiger charge is 2.05. The van der Waals surface area contributed by atoms with Crippen molar-refractivity contribution in [3.05, 3.63) is 12.4 Å². The number of amides is 1. The number of rotatable bonds is 6. The van der Waals surface area contributed by atoms with E-state index < -0.39 is 0 Å². The molecule has 1 aromatic heterocycles. The van der Waals surface area contributed by atoms with E-state index in [9.17, 15) is 4.79 Å². The predicted molar refractivity (Wildman–Crippen MR) is 70.2 cm³/mol. The minimum absolute atomic E-state index is 0.0219. The molecule has 17 heavy (non-hydrogen) atoms. The van der Waals surface area contributed by atoms with E-state index in [1.54, 1.807) is 0 Å². The zero-order valence-corrected chi connectivity index (χ0v) is 11.2. The van der Waals surface area contributed by atoms with Crippen LogP contribution in [0.25, 0.3) is 0 Å². The summed E-state index contributed by atoms with van der Waals surface area (Å²) in [6, 6.07) is 2.02. The van der Waals surface area contributed by atoms with E-state index in [1.165, 1.54) is 18.1 Å². The van der Waals surface area contributed by atoms with Crippen LogP contribution in [-0.2, 0) is 4.79 Å². The fraction of sp³-hybridized carbons (Fsp3) is 0.545. The Morgan fingerprint density at radius 1 is 1.47 bits per heavy atom. The molecule has 0 radical (unpaired) electrons. The molecular formula is C11H18N4OS. The van der Waals surface area contributed by atoms with Crippen molar-refractivity contribution in [2.75, 3.05) is 17.6 Å². The monoisotopic (exact) mass is 254 g/mol. The van der Waals surface area contributed by atoms with Crippen molar-refractivity contribution in [3.63, 3.8) is 0 Å². The van der Waals surface area contributed by atoms with Crippen molar-refractivity contribution in [1.29, 1.82) is 0 Å². The van der Waals surface area contributed by atoms with Crippen LogP contribution in [0, 0.1) is 0 Å². The first-order chi connectivity index (χ1) is 8.11. The molecule has 0 aliphatic heterocycles. The molecule has 2 N–H and O–H groups in total. The van der Waals surface area contributed by atoms with Crippen LogP contribution in [0.1, 0.15) is 20.8 Å². The Morgan fingerprint density at radius 2 is 2.24 bits per heavy atom. The lowest BCUT2D eigenvalue weighted by molar-refractivity contribution is -0.119. The van der Waals surface area contributed by atoms with E-state index in [0.717, 1.165) is 17.4 Å². The number of carbonyl (C=O) groups is 1. The molecule has 0 spiro atoms. The summed E-state index contributed by atoms with van der Waals surface area (Å²) in [5.74, 6) is 1.18. The molecule has 0 saturated heterocycles. The molecular weight excluding hydrogens is 236 g/mol. The third kappa shape index (κ3) is 5.53. The molecule has 0 fully saturated rings. The van der Waals surface area contributed by atoms with Crippen LogP contribution in [0.3, 0.4) is 0 Å². The van der Waals surface area contributed by atoms with Crippen molar-refractivity contribution < 1.29 is 4.79 Å². The molecule has 94 valence electrons. The van der Waals surface area contributed by atoms with E-state index >= 15 is 0 Å². The Bertz CT molecular complexity index is 370. The first-order valence-electron chi connectivity index (χ1n) is 5.60. The van der Waals surface area contributed by atoms with Gasteiger partial charge in [-0.2, -0.15) is 0 Å². The van der Waals surface area contributed by atoms with Gasteiger partial charge in [-0.25, -0.2) is 9.97 Å². The van der Waals surface area contributed by atoms with Gasteiger partial charge < -0.3 is 10.6 Å². The minimum atomic E-state index is 0.0219. The van der Waals surface area contributed by atoms with Crippen molar-refractivity contribution in [2.24, 2.45) is 0 Å². The lowest BCUT2D eigenvalue weighted by Crippen LogP contribution is -2.31. The summed E-state index contributed by atoms with van der Waals surface area (Å²) in [4.78, 5) is 19.6. The summed E-state index contributed by atoms with van der Waals surface area (Å²) in [5.41, 5.74) is 0. The van der Waals surface area contributed by atoms with Crippen molar-refractivity contribution in [2.45, 2.75) is 31.8 Å². The van der Waals surface area contributed by atoms with Gasteiger partial charge in [0.05, 0.1) is 5.75 Å². The molecule has 0 aliphatic carbocycles. The molecule has 0 aliphatic rings. The maximum absolute atomic E-state index is 11.4. The average molecular weight is 254 g/mol. The lowest BCUT2D eigenvalue weighted by Gasteiger charge is -2.08. The van der Waals surface area contributed by atoms with Gasteiger partial charge in [0.1, 0.15) is 17.2 Å². The minimum Gasteiger partial charge on any atom is -0.370 e. The van der Waals surface area contributed by atoms with E-state index in [0.29, 0.717) is 5.75 Å². The maximum atomic E-state index is 11.4. The summed E-state index contributed by atoms with van der Waals surface area (Å²) in [6.07, 6.45) is 1.50. The first kappa shape index (κ1) is 13.8. The van der Waals surface area contributed by atoms with Gasteiger partial charge >= 0.3 is 0 Å². The number of hydrogen-bond donors (Lipinski definition) is 2. The molecule has 0 bridgehead atoms. The number of nitrogens with zero attached hydrogens (tertiary/aromatic N) is 2. The van der Waals surface area contributed by atoms with Crippen LogP contribution in [0.4, 0.5) is 5.82 Å². The van der Waals surface area contributed by atoms with E-state index in [-0.39, 0.29) is 11.9 Å². The first-order valence-corrected chi connectivity index (χ1v) is 6.58. The predicted octanol–water partition coefficient (Wildman–Crippen LogP) is 1.53. The second kappa shape index (κ2) is 7.11. The highest BCUT2D eigenvalue weighted by atomic mass is 32.2. The lowest BCUT2D eigenvalue weighted by atomic mass is 10.4. The van der Waals surface area contributed by atoms with E-state index in [4.69, 9.17) is 0 Å². The van der Waals surface area contributed by atoms with Crippen LogP contribution in [0.15, 0.2) is 17.4 Å². The number of aromatic nitrogens is 2. The Hall–Kier alpha value is -1.30. The van der Waals surface area contributed by atoms with Gasteiger partial charge in [0.25, 0.3) is 0 Å². The van der Waals surface area contributed by atoms with Crippen LogP contribution < -0.4 is 10.6 Å². The van der Waals surface area contributed by atoms with Crippen LogP contribution >= 0.6 is 11.8 Å². The molecule has 1 amide bonds. The normalized spacial score (nSPS) is 10.4. The molecule has 1 heterocycles. The van der Waals surface area contributed by atoms with Crippen molar-refractivity contribution >= 4 is 23.5 Å². The smallest absolute Gasteiger partial charge is 0.230 e. The van der Waals surface area contributed by atoms with Crippen molar-refractivity contribution in [1.82, 2.24) is 15.3 Å². The summed E-state index contributed by atoms with van der Waals surface area (Å²) in [6.45, 7) is 6.70. The highest BCUT2D eigenvalue weighted by Crippen LogP contribution is 2.16. The highest BCUT2D eigenvalue weighted by molar-refractivity contribution is 7.99. The fourth-order valence-corrected chi connectivity index (χ4v) is 1.88. The third-order valence-electron chi connectivity index (χ3n) is 1.80. The van der Waals surface area contributed by atoms with Gasteiger partial charge in [0.15, 0.2) is 0 Å². The van der Waals surface area contributed by atoms with E-state index in [1.807, 2.05) is 26.8 Å². The Balaban J connectivity index is 2.45. The quantitative estimate of drug-likeness (QED) is 0.595. The van der Waals surface area contributed by atoms with Crippen molar-refractivity contribution in [3.8, 4) is 0 Å². The SMILES string of the molecule is CCNc1cc(SCC(=O)NC(C)C)ncn1. The number of anilines is 1. The molecule has 0 saturated carbocycles. The van der Waals surface area contributed by atoms with E-state index in [2.05, 4.69) is 20.6 Å². The van der Waals surface area contributed by atoms with Crippen LogP contribution in [0.2, 0.25) is 0 Å². The van der Waals surface area contributed by atoms with Gasteiger partial charge in [-0.05, 0) is 20.8 Å². The summed E-state index contributed by atoms with van der Waals surface area (Å²) in [5, 5.41) is 6.74. The van der Waals surface area contributed by atoms with Gasteiger partial charge in [-0.15, -0.1) is 0 Å². The molecule has 6 heteroatoms. The largest absolute Gasteiger partial charge is 0.370 e. The molecule has 0 unspecified atom stereocenters. The van der Waals surface area contributed by atoms with Gasteiger partial charge in [-0.1, -0.05) is 11.8 Å². The molecule has 0 aromatic carbocycles. The summed E-state index contributed by atoms with van der Waals surface area (Å²) >= 11 is 1.41. The number of hydrogen-bond acceptors (Lipinski definition) is 5. The molecule has 1 rings (SSSR count). The third-order valence-corrected chi connectivity index (χ3v) is 2.73. The topological polar surface area (TPSA) is 66.9 Å². The molecule has 1 aromatic rings. The summed E-state index contributed by atoms with van der Waals surface area (Å²) in [7, 11) is 0. The number of nitrogens with one attached hydrogen (secondary N) is 2. The second-order valence-corrected chi connectivity index (χ2v) is 4.78. The Labute approximate surface area is 106 Å². The Kier molecular flexibility index (Phi) is 5.76. The van der Waals surface area contributed by atoms with Gasteiger partial charge in [-0.3, -0.25) is 4.79 Å². The zero-order chi connectivity index (χ0) is 12.7. The summed E-state index contributed by atoms with van der Waals surface area (Å²) < 4.78 is 0. The fourth-order valence-electron chi connectivity index (χ4n) is 1.20. The number of carbonyl (C=O) groups excluding carboxylic acids is 1. The van der Waals surface area contributed by atoms with Gasteiger partial charge in [0, 0.05) is 18.7 Å². The maximum Gasteiger partial charge on any atom is 0.230 e. The average Bonchev–Trinajstić information content (AvgIpc) is 2.26. The van der Waals surface area contributed by atoms with Crippen LogP contribution in [-0.4, -0.2) is 34.2 Å². The standard InChI is InChI=1S/C11H18N4OS/c1-4-12-9-5-11(14-7-13-9)17-6-10(16)15-8(2)3/h5,7-8H,4,6H2,1-3H3,(H,15,16)(H,12,13,14). The van der Waals surface area contributed by atoms with Crippen LogP contribution in [0.5, 0.6) is 0 Å². The molecule has 5 nitrogen and oxygen atoms in total.